The Morgan fingerprint density at radius 1 is 1.75 bits per heavy atom. The van der Waals surface area contributed by atoms with Crippen molar-refractivity contribution in [1.82, 2.24) is 10.4 Å². The molecule has 1 atom stereocenters. The van der Waals surface area contributed by atoms with Crippen LogP contribution in [-0.4, -0.2) is 32.5 Å². The van der Waals surface area contributed by atoms with Crippen LogP contribution in [0, 0.1) is 0 Å². The molecule has 0 radical (unpaired) electrons. The number of rotatable bonds is 4. The fraction of sp³-hybridized carbons (Fsp3) is 0.500. The van der Waals surface area contributed by atoms with Gasteiger partial charge in [0.05, 0.1) is 0 Å². The lowest BCUT2D eigenvalue weighted by atomic mass is 10.5. The molecule has 0 aromatic rings. The summed E-state index contributed by atoms with van der Waals surface area (Å²) >= 11 is -2.09. The van der Waals surface area contributed by atoms with Crippen molar-refractivity contribution in [2.45, 2.75) is 6.92 Å². The van der Waals surface area contributed by atoms with Crippen LogP contribution in [0.4, 0.5) is 0 Å². The molecule has 0 fully saturated rings. The Balaban J connectivity index is 3.85. The van der Waals surface area contributed by atoms with Crippen LogP contribution in [0.15, 0.2) is 12.3 Å². The summed E-state index contributed by atoms with van der Waals surface area (Å²) in [5, 5.41) is 1.38. The number of hydrogen-bond donors (Lipinski definition) is 2. The fourth-order valence-corrected chi connectivity index (χ4v) is 0.716. The van der Waals surface area contributed by atoms with Crippen molar-refractivity contribution in [2.75, 3.05) is 12.8 Å². The Labute approximate surface area is 73.7 Å². The van der Waals surface area contributed by atoms with E-state index in [1.165, 1.54) is 5.01 Å². The van der Waals surface area contributed by atoms with Crippen LogP contribution in [-0.2, 0) is 15.9 Å². The molecule has 70 valence electrons. The fourth-order valence-electron chi connectivity index (χ4n) is 0.427. The van der Waals surface area contributed by atoms with Crippen LogP contribution >= 0.6 is 0 Å². The van der Waals surface area contributed by atoms with Crippen molar-refractivity contribution in [3.63, 3.8) is 0 Å². The van der Waals surface area contributed by atoms with Gasteiger partial charge in [0.15, 0.2) is 11.1 Å². The molecule has 0 heterocycles. The van der Waals surface area contributed by atoms with E-state index >= 15 is 0 Å². The summed E-state index contributed by atoms with van der Waals surface area (Å²) in [6.45, 7) is 5.26. The number of carbonyl (C=O) groups is 1. The second-order valence-corrected chi connectivity index (χ2v) is 3.23. The van der Waals surface area contributed by atoms with E-state index < -0.39 is 22.7 Å². The van der Waals surface area contributed by atoms with Crippen molar-refractivity contribution in [1.29, 1.82) is 0 Å². The van der Waals surface area contributed by atoms with Gasteiger partial charge >= 0.3 is 0 Å². The summed E-state index contributed by atoms with van der Waals surface area (Å²) in [7, 11) is 1.60. The molecule has 1 unspecified atom stereocenters. The zero-order chi connectivity index (χ0) is 9.72. The maximum atomic E-state index is 10.8. The van der Waals surface area contributed by atoms with Crippen LogP contribution in [0.1, 0.15) is 6.92 Å². The van der Waals surface area contributed by atoms with Gasteiger partial charge in [0.1, 0.15) is 5.75 Å². The zero-order valence-electron chi connectivity index (χ0n) is 7.03. The van der Waals surface area contributed by atoms with Crippen LogP contribution in [0.3, 0.4) is 0 Å². The third kappa shape index (κ3) is 4.86. The molecule has 0 aliphatic heterocycles. The quantitative estimate of drug-likeness (QED) is 0.474. The lowest BCUT2D eigenvalue weighted by molar-refractivity contribution is -0.122. The summed E-state index contributed by atoms with van der Waals surface area (Å²) < 4.78 is 18.5. The summed E-state index contributed by atoms with van der Waals surface area (Å²) in [4.78, 5) is 10.8. The molecule has 6 heteroatoms. The maximum absolute atomic E-state index is 10.8. The number of allylic oxidation sites excluding steroid dienone is 1. The highest BCUT2D eigenvalue weighted by atomic mass is 32.2. The van der Waals surface area contributed by atoms with Crippen molar-refractivity contribution in [2.24, 2.45) is 0 Å². The SMILES string of the molecule is C=C(C)N(C)NC(=O)CS(=O)O. The Morgan fingerprint density at radius 3 is 2.58 bits per heavy atom. The van der Waals surface area contributed by atoms with Gasteiger partial charge in [-0.3, -0.25) is 15.2 Å². The van der Waals surface area contributed by atoms with Crippen LogP contribution in [0.5, 0.6) is 0 Å². The minimum absolute atomic E-state index is 0.419. The molecule has 0 rings (SSSR count). The molecular weight excluding hydrogens is 180 g/mol. The van der Waals surface area contributed by atoms with Crippen LogP contribution in [0.25, 0.3) is 0 Å². The molecule has 0 saturated heterocycles. The predicted molar refractivity (Wildman–Crippen MR) is 46.4 cm³/mol. The first kappa shape index (κ1) is 11.1. The Hall–Kier alpha value is -0.880. The van der Waals surface area contributed by atoms with Gasteiger partial charge < -0.3 is 4.55 Å². The predicted octanol–water partition coefficient (Wildman–Crippen LogP) is -0.295. The highest BCUT2D eigenvalue weighted by molar-refractivity contribution is 7.80. The normalized spacial score (nSPS) is 11.9. The minimum Gasteiger partial charge on any atom is -0.306 e. The van der Waals surface area contributed by atoms with E-state index in [9.17, 15) is 9.00 Å². The van der Waals surface area contributed by atoms with Gasteiger partial charge in [-0.25, -0.2) is 4.21 Å². The van der Waals surface area contributed by atoms with Gasteiger partial charge in [0.2, 0.25) is 0 Å². The lowest BCUT2D eigenvalue weighted by Gasteiger charge is -2.18. The molecule has 2 N–H and O–H groups in total. The summed E-state index contributed by atoms with van der Waals surface area (Å²) in [5.74, 6) is -0.932. The number of carbonyl (C=O) groups excluding carboxylic acids is 1. The molecule has 12 heavy (non-hydrogen) atoms. The van der Waals surface area contributed by atoms with Gasteiger partial charge in [-0.1, -0.05) is 6.58 Å². The third-order valence-electron chi connectivity index (χ3n) is 1.12. The molecular formula is C6H12N2O3S. The third-order valence-corrected chi connectivity index (χ3v) is 1.63. The molecule has 0 saturated carbocycles. The maximum Gasteiger partial charge on any atom is 0.253 e. The van der Waals surface area contributed by atoms with E-state index in [4.69, 9.17) is 4.55 Å². The van der Waals surface area contributed by atoms with Gasteiger partial charge in [-0.15, -0.1) is 0 Å². The minimum atomic E-state index is -2.09. The number of nitrogens with zero attached hydrogens (tertiary/aromatic N) is 1. The Bertz CT molecular complexity index is 217. The molecule has 0 bridgehead atoms. The highest BCUT2D eigenvalue weighted by Gasteiger charge is 2.06. The molecule has 0 spiro atoms. The second kappa shape index (κ2) is 4.89. The van der Waals surface area contributed by atoms with Crippen molar-refractivity contribution in [3.8, 4) is 0 Å². The molecule has 0 aromatic carbocycles. The standard InChI is InChI=1S/C6H12N2O3S/c1-5(2)8(3)7-6(9)4-12(10)11/h1,4H2,2-3H3,(H,7,9)(H,10,11). The molecule has 5 nitrogen and oxygen atoms in total. The van der Waals surface area contributed by atoms with Crippen molar-refractivity contribution < 1.29 is 13.6 Å². The lowest BCUT2D eigenvalue weighted by Crippen LogP contribution is -2.40. The van der Waals surface area contributed by atoms with Crippen molar-refractivity contribution >= 4 is 17.0 Å². The molecule has 0 aliphatic carbocycles. The number of nitrogens with one attached hydrogen (secondary N) is 1. The zero-order valence-corrected chi connectivity index (χ0v) is 7.85. The highest BCUT2D eigenvalue weighted by Crippen LogP contribution is 1.89. The van der Waals surface area contributed by atoms with E-state index in [1.807, 2.05) is 0 Å². The van der Waals surface area contributed by atoms with Crippen molar-refractivity contribution in [3.05, 3.63) is 12.3 Å². The molecule has 0 aromatic heterocycles. The Kier molecular flexibility index (Phi) is 4.53. The topological polar surface area (TPSA) is 69.6 Å². The summed E-state index contributed by atoms with van der Waals surface area (Å²) in [5.41, 5.74) is 3.00. The smallest absolute Gasteiger partial charge is 0.253 e. The van der Waals surface area contributed by atoms with Crippen LogP contribution < -0.4 is 5.43 Å². The van der Waals surface area contributed by atoms with E-state index in [-0.39, 0.29) is 0 Å². The first-order valence-electron chi connectivity index (χ1n) is 3.19. The summed E-state index contributed by atoms with van der Waals surface area (Å²) in [6.07, 6.45) is 0. The van der Waals surface area contributed by atoms with E-state index in [0.717, 1.165) is 0 Å². The van der Waals surface area contributed by atoms with E-state index in [0.29, 0.717) is 5.70 Å². The monoisotopic (exact) mass is 192 g/mol. The second-order valence-electron chi connectivity index (χ2n) is 2.30. The first-order valence-corrected chi connectivity index (χ1v) is 4.47. The molecule has 0 aliphatic rings. The largest absolute Gasteiger partial charge is 0.306 e. The average Bonchev–Trinajstić information content (AvgIpc) is 1.84. The Morgan fingerprint density at radius 2 is 2.25 bits per heavy atom. The van der Waals surface area contributed by atoms with Gasteiger partial charge in [0.25, 0.3) is 5.91 Å². The van der Waals surface area contributed by atoms with Gasteiger partial charge in [-0.2, -0.15) is 0 Å². The number of hydrogen-bond acceptors (Lipinski definition) is 3. The van der Waals surface area contributed by atoms with Crippen LogP contribution in [0.2, 0.25) is 0 Å². The van der Waals surface area contributed by atoms with E-state index in [2.05, 4.69) is 12.0 Å². The average molecular weight is 192 g/mol. The first-order chi connectivity index (χ1) is 5.43. The van der Waals surface area contributed by atoms with Gasteiger partial charge in [-0.05, 0) is 6.92 Å². The molecule has 1 amide bonds. The number of hydrazine groups is 1. The van der Waals surface area contributed by atoms with E-state index in [1.54, 1.807) is 14.0 Å². The van der Waals surface area contributed by atoms with Gasteiger partial charge in [0, 0.05) is 12.7 Å². The number of amides is 1. The summed E-state index contributed by atoms with van der Waals surface area (Å²) in [6, 6.07) is 0.